The Hall–Kier alpha value is -2.10. The highest BCUT2D eigenvalue weighted by atomic mass is 16.5. The summed E-state index contributed by atoms with van der Waals surface area (Å²) in [5.41, 5.74) is 8.87. The average Bonchev–Trinajstić information content (AvgIpc) is 2.48. The molecule has 0 atom stereocenters. The van der Waals surface area contributed by atoms with Crippen LogP contribution in [0.2, 0.25) is 0 Å². The summed E-state index contributed by atoms with van der Waals surface area (Å²) in [4.78, 5) is 8.53. The van der Waals surface area contributed by atoms with E-state index >= 15 is 0 Å². The Morgan fingerprint density at radius 1 is 1.10 bits per heavy atom. The first kappa shape index (κ1) is 14.3. The molecule has 0 fully saturated rings. The predicted molar refractivity (Wildman–Crippen MR) is 81.7 cm³/mol. The third kappa shape index (κ3) is 3.07. The standard InChI is InChI=1S/C16H21N3O/c1-3-7-13-15(18-11-19-16(13)17)12-8-5-6-9-14(12)20-10-4-2/h5-6,8-9,11H,3-4,7,10H2,1-2H3,(H2,17,18,19). The summed E-state index contributed by atoms with van der Waals surface area (Å²) in [5.74, 6) is 1.41. The number of rotatable bonds is 6. The summed E-state index contributed by atoms with van der Waals surface area (Å²) in [6.45, 7) is 4.91. The smallest absolute Gasteiger partial charge is 0.130 e. The molecule has 20 heavy (non-hydrogen) atoms. The Kier molecular flexibility index (Phi) is 4.93. The fourth-order valence-corrected chi connectivity index (χ4v) is 2.15. The molecular weight excluding hydrogens is 250 g/mol. The van der Waals surface area contributed by atoms with Gasteiger partial charge in [0.15, 0.2) is 0 Å². The number of nitrogens with zero attached hydrogens (tertiary/aromatic N) is 2. The van der Waals surface area contributed by atoms with Gasteiger partial charge in [0.05, 0.1) is 12.3 Å². The third-order valence-electron chi connectivity index (χ3n) is 3.08. The Labute approximate surface area is 120 Å². The summed E-state index contributed by atoms with van der Waals surface area (Å²) in [6.07, 6.45) is 4.36. The molecule has 1 heterocycles. The molecule has 4 nitrogen and oxygen atoms in total. The van der Waals surface area contributed by atoms with Crippen molar-refractivity contribution in [2.75, 3.05) is 12.3 Å². The van der Waals surface area contributed by atoms with Crippen LogP contribution < -0.4 is 10.5 Å². The van der Waals surface area contributed by atoms with Crippen LogP contribution in [-0.4, -0.2) is 16.6 Å². The molecule has 0 unspecified atom stereocenters. The van der Waals surface area contributed by atoms with E-state index in [1.807, 2.05) is 24.3 Å². The van der Waals surface area contributed by atoms with Crippen molar-refractivity contribution in [1.29, 1.82) is 0 Å². The second-order valence-corrected chi connectivity index (χ2v) is 4.68. The molecule has 0 aliphatic carbocycles. The van der Waals surface area contributed by atoms with Gasteiger partial charge in [-0.15, -0.1) is 0 Å². The van der Waals surface area contributed by atoms with E-state index in [1.54, 1.807) is 0 Å². The van der Waals surface area contributed by atoms with Crippen molar-refractivity contribution in [2.24, 2.45) is 0 Å². The Bertz CT molecular complexity index is 569. The average molecular weight is 271 g/mol. The Morgan fingerprint density at radius 2 is 1.90 bits per heavy atom. The second kappa shape index (κ2) is 6.89. The minimum absolute atomic E-state index is 0.558. The van der Waals surface area contributed by atoms with Gasteiger partial charge in [-0.1, -0.05) is 32.4 Å². The second-order valence-electron chi connectivity index (χ2n) is 4.68. The quantitative estimate of drug-likeness (QED) is 0.874. The largest absolute Gasteiger partial charge is 0.493 e. The first-order valence-electron chi connectivity index (χ1n) is 7.09. The minimum atomic E-state index is 0.558. The number of para-hydroxylation sites is 1. The zero-order valence-corrected chi connectivity index (χ0v) is 12.1. The predicted octanol–water partition coefficient (Wildman–Crippen LogP) is 3.47. The van der Waals surface area contributed by atoms with Gasteiger partial charge in [0, 0.05) is 11.1 Å². The summed E-state index contributed by atoms with van der Waals surface area (Å²) in [6, 6.07) is 7.95. The van der Waals surface area contributed by atoms with E-state index in [9.17, 15) is 0 Å². The van der Waals surface area contributed by atoms with Gasteiger partial charge < -0.3 is 10.5 Å². The normalized spacial score (nSPS) is 10.5. The van der Waals surface area contributed by atoms with Crippen molar-refractivity contribution in [3.8, 4) is 17.0 Å². The summed E-state index contributed by atoms with van der Waals surface area (Å²) < 4.78 is 5.81. The number of nitrogens with two attached hydrogens (primary N) is 1. The zero-order valence-electron chi connectivity index (χ0n) is 12.1. The molecule has 0 spiro atoms. The van der Waals surface area contributed by atoms with Gasteiger partial charge in [0.25, 0.3) is 0 Å². The molecule has 2 aromatic rings. The van der Waals surface area contributed by atoms with Gasteiger partial charge in [-0.2, -0.15) is 0 Å². The third-order valence-corrected chi connectivity index (χ3v) is 3.08. The van der Waals surface area contributed by atoms with Crippen LogP contribution in [0, 0.1) is 0 Å². The molecule has 1 aromatic heterocycles. The van der Waals surface area contributed by atoms with Crippen LogP contribution in [0.15, 0.2) is 30.6 Å². The summed E-state index contributed by atoms with van der Waals surface area (Å²) in [7, 11) is 0. The van der Waals surface area contributed by atoms with Crippen LogP contribution in [0.4, 0.5) is 5.82 Å². The molecule has 2 rings (SSSR count). The maximum absolute atomic E-state index is 6.00. The van der Waals surface area contributed by atoms with E-state index in [4.69, 9.17) is 10.5 Å². The van der Waals surface area contributed by atoms with Crippen LogP contribution in [0.25, 0.3) is 11.3 Å². The molecule has 0 aliphatic rings. The number of ether oxygens (including phenoxy) is 1. The highest BCUT2D eigenvalue weighted by Crippen LogP contribution is 2.32. The lowest BCUT2D eigenvalue weighted by molar-refractivity contribution is 0.318. The lowest BCUT2D eigenvalue weighted by Crippen LogP contribution is -2.04. The van der Waals surface area contributed by atoms with E-state index in [0.29, 0.717) is 12.4 Å². The molecule has 2 N–H and O–H groups in total. The van der Waals surface area contributed by atoms with Crippen LogP contribution >= 0.6 is 0 Å². The van der Waals surface area contributed by atoms with Crippen molar-refractivity contribution in [3.05, 3.63) is 36.2 Å². The summed E-state index contributed by atoms with van der Waals surface area (Å²) in [5, 5.41) is 0. The van der Waals surface area contributed by atoms with Gasteiger partial charge in [-0.05, 0) is 25.0 Å². The fraction of sp³-hybridized carbons (Fsp3) is 0.375. The maximum atomic E-state index is 6.00. The van der Waals surface area contributed by atoms with Crippen molar-refractivity contribution in [3.63, 3.8) is 0 Å². The number of anilines is 1. The first-order chi connectivity index (χ1) is 9.77. The van der Waals surface area contributed by atoms with E-state index in [1.165, 1.54) is 6.33 Å². The number of hydrogen-bond acceptors (Lipinski definition) is 4. The topological polar surface area (TPSA) is 61.0 Å². The van der Waals surface area contributed by atoms with E-state index < -0.39 is 0 Å². The molecule has 0 aliphatic heterocycles. The zero-order chi connectivity index (χ0) is 14.4. The Morgan fingerprint density at radius 3 is 2.65 bits per heavy atom. The molecule has 0 saturated carbocycles. The highest BCUT2D eigenvalue weighted by Gasteiger charge is 2.14. The van der Waals surface area contributed by atoms with Crippen molar-refractivity contribution < 1.29 is 4.74 Å². The number of nitrogen functional groups attached to an aromatic ring is 1. The van der Waals surface area contributed by atoms with Crippen LogP contribution in [0.3, 0.4) is 0 Å². The summed E-state index contributed by atoms with van der Waals surface area (Å²) >= 11 is 0. The van der Waals surface area contributed by atoms with Crippen LogP contribution in [0.1, 0.15) is 32.3 Å². The molecule has 0 saturated heterocycles. The van der Waals surface area contributed by atoms with Crippen molar-refractivity contribution in [2.45, 2.75) is 33.1 Å². The fourth-order valence-electron chi connectivity index (χ4n) is 2.15. The molecule has 0 radical (unpaired) electrons. The molecule has 1 aromatic carbocycles. The van der Waals surface area contributed by atoms with Crippen LogP contribution in [-0.2, 0) is 6.42 Å². The SMILES string of the molecule is CCCOc1ccccc1-c1ncnc(N)c1CCC. The van der Waals surface area contributed by atoms with Crippen LogP contribution in [0.5, 0.6) is 5.75 Å². The van der Waals surface area contributed by atoms with Gasteiger partial charge in [-0.3, -0.25) is 0 Å². The van der Waals surface area contributed by atoms with Crippen molar-refractivity contribution in [1.82, 2.24) is 9.97 Å². The van der Waals surface area contributed by atoms with Gasteiger partial charge in [-0.25, -0.2) is 9.97 Å². The van der Waals surface area contributed by atoms with E-state index in [-0.39, 0.29) is 0 Å². The monoisotopic (exact) mass is 271 g/mol. The number of aromatic nitrogens is 2. The minimum Gasteiger partial charge on any atom is -0.493 e. The lowest BCUT2D eigenvalue weighted by atomic mass is 10.0. The van der Waals surface area contributed by atoms with E-state index in [2.05, 4.69) is 23.8 Å². The molecule has 0 amide bonds. The molecular formula is C16H21N3O. The number of hydrogen-bond donors (Lipinski definition) is 1. The first-order valence-corrected chi connectivity index (χ1v) is 7.09. The van der Waals surface area contributed by atoms with Gasteiger partial charge in [0.1, 0.15) is 17.9 Å². The highest BCUT2D eigenvalue weighted by molar-refractivity contribution is 5.72. The Balaban J connectivity index is 2.48. The van der Waals surface area contributed by atoms with Gasteiger partial charge >= 0.3 is 0 Å². The molecule has 106 valence electrons. The van der Waals surface area contributed by atoms with Gasteiger partial charge in [0.2, 0.25) is 0 Å². The lowest BCUT2D eigenvalue weighted by Gasteiger charge is -2.14. The molecule has 0 bridgehead atoms. The number of benzene rings is 1. The molecule has 4 heteroatoms. The van der Waals surface area contributed by atoms with Crippen molar-refractivity contribution >= 4 is 5.82 Å². The van der Waals surface area contributed by atoms with E-state index in [0.717, 1.165) is 41.8 Å². The maximum Gasteiger partial charge on any atom is 0.130 e.